The third-order valence-electron chi connectivity index (χ3n) is 4.15. The van der Waals surface area contributed by atoms with Gasteiger partial charge in [0.1, 0.15) is 0 Å². The van der Waals surface area contributed by atoms with Gasteiger partial charge in [-0.2, -0.15) is 0 Å². The highest BCUT2D eigenvalue weighted by Crippen LogP contribution is 2.24. The lowest BCUT2D eigenvalue weighted by Gasteiger charge is -2.40. The van der Waals surface area contributed by atoms with E-state index in [1.165, 1.54) is 16.9 Å². The Labute approximate surface area is 125 Å². The topological polar surface area (TPSA) is 15.3 Å². The second-order valence-electron chi connectivity index (χ2n) is 5.44. The Morgan fingerprint density at radius 2 is 2.05 bits per heavy atom. The van der Waals surface area contributed by atoms with Gasteiger partial charge in [0, 0.05) is 36.6 Å². The van der Waals surface area contributed by atoms with Gasteiger partial charge in [-0.05, 0) is 23.4 Å². The van der Waals surface area contributed by atoms with Crippen molar-refractivity contribution in [1.82, 2.24) is 10.2 Å². The first-order valence-electron chi connectivity index (χ1n) is 7.41. The molecule has 0 radical (unpaired) electrons. The Balaban J connectivity index is 1.72. The zero-order valence-corrected chi connectivity index (χ0v) is 12.8. The number of hydrogen-bond acceptors (Lipinski definition) is 3. The smallest absolute Gasteiger partial charge is 0.0450 e. The molecule has 1 fully saturated rings. The molecule has 0 aliphatic carbocycles. The standard InChI is InChI=1S/C17H22N2S/c1-2-15-11-18-17(14-7-4-3-5-8-14)13-19(15)12-16-9-6-10-20-16/h3-10,15,17-18H,2,11-13H2,1H3. The highest BCUT2D eigenvalue weighted by Gasteiger charge is 2.27. The first kappa shape index (κ1) is 13.8. The van der Waals surface area contributed by atoms with Gasteiger partial charge in [-0.3, -0.25) is 4.90 Å². The maximum Gasteiger partial charge on any atom is 0.0450 e. The molecule has 2 aromatic rings. The number of benzene rings is 1. The predicted octanol–water partition coefficient (Wildman–Crippen LogP) is 3.67. The number of piperazine rings is 1. The fourth-order valence-corrected chi connectivity index (χ4v) is 3.69. The molecule has 106 valence electrons. The van der Waals surface area contributed by atoms with Crippen LogP contribution in [-0.4, -0.2) is 24.0 Å². The summed E-state index contributed by atoms with van der Waals surface area (Å²) in [5, 5.41) is 5.88. The van der Waals surface area contributed by atoms with Gasteiger partial charge >= 0.3 is 0 Å². The van der Waals surface area contributed by atoms with E-state index in [1.54, 1.807) is 0 Å². The molecule has 1 aliphatic rings. The van der Waals surface area contributed by atoms with Crippen LogP contribution in [0.2, 0.25) is 0 Å². The van der Waals surface area contributed by atoms with Crippen molar-refractivity contribution in [3.63, 3.8) is 0 Å². The van der Waals surface area contributed by atoms with E-state index in [0.29, 0.717) is 12.1 Å². The number of nitrogens with zero attached hydrogens (tertiary/aromatic N) is 1. The van der Waals surface area contributed by atoms with Gasteiger partial charge in [-0.15, -0.1) is 11.3 Å². The molecule has 1 aromatic heterocycles. The van der Waals surface area contributed by atoms with Crippen LogP contribution in [0.15, 0.2) is 47.8 Å². The number of hydrogen-bond donors (Lipinski definition) is 1. The lowest BCUT2D eigenvalue weighted by molar-refractivity contribution is 0.120. The first-order chi connectivity index (χ1) is 9.86. The molecule has 1 aromatic carbocycles. The van der Waals surface area contributed by atoms with Crippen molar-refractivity contribution in [2.24, 2.45) is 0 Å². The number of nitrogens with one attached hydrogen (secondary N) is 1. The minimum absolute atomic E-state index is 0.457. The Hall–Kier alpha value is -1.16. The second-order valence-corrected chi connectivity index (χ2v) is 6.47. The molecule has 2 unspecified atom stereocenters. The zero-order chi connectivity index (χ0) is 13.8. The molecule has 0 spiro atoms. The quantitative estimate of drug-likeness (QED) is 0.922. The highest BCUT2D eigenvalue weighted by atomic mass is 32.1. The summed E-state index contributed by atoms with van der Waals surface area (Å²) in [5.74, 6) is 0. The average Bonchev–Trinajstić information content (AvgIpc) is 3.01. The molecular weight excluding hydrogens is 264 g/mol. The van der Waals surface area contributed by atoms with Crippen LogP contribution in [0.4, 0.5) is 0 Å². The highest BCUT2D eigenvalue weighted by molar-refractivity contribution is 7.09. The molecule has 3 rings (SSSR count). The van der Waals surface area contributed by atoms with Crippen molar-refractivity contribution in [2.45, 2.75) is 32.0 Å². The molecule has 1 saturated heterocycles. The van der Waals surface area contributed by atoms with E-state index in [-0.39, 0.29) is 0 Å². The van der Waals surface area contributed by atoms with Crippen LogP contribution in [0.3, 0.4) is 0 Å². The van der Waals surface area contributed by atoms with Crippen molar-refractivity contribution in [2.75, 3.05) is 13.1 Å². The van der Waals surface area contributed by atoms with Crippen LogP contribution in [0, 0.1) is 0 Å². The second kappa shape index (κ2) is 6.53. The molecular formula is C17H22N2S. The molecule has 0 bridgehead atoms. The third kappa shape index (κ3) is 3.11. The fourth-order valence-electron chi connectivity index (χ4n) is 2.96. The minimum Gasteiger partial charge on any atom is -0.307 e. The molecule has 1 aliphatic heterocycles. The Bertz CT molecular complexity index is 509. The summed E-state index contributed by atoms with van der Waals surface area (Å²) in [5.41, 5.74) is 1.40. The maximum absolute atomic E-state index is 3.71. The number of rotatable bonds is 4. The molecule has 3 heteroatoms. The van der Waals surface area contributed by atoms with Crippen molar-refractivity contribution in [1.29, 1.82) is 0 Å². The third-order valence-corrected chi connectivity index (χ3v) is 5.01. The molecule has 2 heterocycles. The van der Waals surface area contributed by atoms with Crippen molar-refractivity contribution < 1.29 is 0 Å². The average molecular weight is 286 g/mol. The maximum atomic E-state index is 3.71. The molecule has 0 amide bonds. The van der Waals surface area contributed by atoms with Gasteiger partial charge in [0.2, 0.25) is 0 Å². The van der Waals surface area contributed by atoms with Gasteiger partial charge in [-0.25, -0.2) is 0 Å². The van der Waals surface area contributed by atoms with Crippen molar-refractivity contribution in [3.05, 3.63) is 58.3 Å². The summed E-state index contributed by atoms with van der Waals surface area (Å²) in [6, 6.07) is 16.3. The normalized spacial score (nSPS) is 23.9. The summed E-state index contributed by atoms with van der Waals surface area (Å²) in [6.07, 6.45) is 1.21. The monoisotopic (exact) mass is 286 g/mol. The SMILES string of the molecule is CCC1CNC(c2ccccc2)CN1Cc1cccs1. The van der Waals surface area contributed by atoms with Crippen LogP contribution in [0.1, 0.15) is 29.8 Å². The van der Waals surface area contributed by atoms with E-state index in [9.17, 15) is 0 Å². The lowest BCUT2D eigenvalue weighted by Crippen LogP contribution is -2.51. The van der Waals surface area contributed by atoms with Crippen LogP contribution in [0.25, 0.3) is 0 Å². The van der Waals surface area contributed by atoms with Gasteiger partial charge < -0.3 is 5.32 Å². The van der Waals surface area contributed by atoms with E-state index < -0.39 is 0 Å². The largest absolute Gasteiger partial charge is 0.307 e. The van der Waals surface area contributed by atoms with Crippen LogP contribution in [0.5, 0.6) is 0 Å². The summed E-state index contributed by atoms with van der Waals surface area (Å²) >= 11 is 1.86. The van der Waals surface area contributed by atoms with E-state index >= 15 is 0 Å². The summed E-state index contributed by atoms with van der Waals surface area (Å²) < 4.78 is 0. The summed E-state index contributed by atoms with van der Waals surface area (Å²) in [6.45, 7) is 5.56. The van der Waals surface area contributed by atoms with Crippen LogP contribution in [-0.2, 0) is 6.54 Å². The van der Waals surface area contributed by atoms with Gasteiger partial charge in [-0.1, -0.05) is 43.3 Å². The van der Waals surface area contributed by atoms with E-state index in [1.807, 2.05) is 11.3 Å². The van der Waals surface area contributed by atoms with Crippen molar-refractivity contribution in [3.8, 4) is 0 Å². The van der Waals surface area contributed by atoms with Gasteiger partial charge in [0.15, 0.2) is 0 Å². The van der Waals surface area contributed by atoms with E-state index in [0.717, 1.165) is 19.6 Å². The van der Waals surface area contributed by atoms with Gasteiger partial charge in [0.05, 0.1) is 0 Å². The Morgan fingerprint density at radius 1 is 1.20 bits per heavy atom. The predicted molar refractivity (Wildman–Crippen MR) is 86.0 cm³/mol. The Kier molecular flexibility index (Phi) is 4.51. The van der Waals surface area contributed by atoms with Crippen LogP contribution >= 0.6 is 11.3 Å². The van der Waals surface area contributed by atoms with E-state index in [2.05, 4.69) is 65.0 Å². The first-order valence-corrected chi connectivity index (χ1v) is 8.29. The zero-order valence-electron chi connectivity index (χ0n) is 12.0. The molecule has 20 heavy (non-hydrogen) atoms. The van der Waals surface area contributed by atoms with E-state index in [4.69, 9.17) is 0 Å². The van der Waals surface area contributed by atoms with Crippen molar-refractivity contribution >= 4 is 11.3 Å². The molecule has 0 saturated carbocycles. The Morgan fingerprint density at radius 3 is 2.75 bits per heavy atom. The van der Waals surface area contributed by atoms with Gasteiger partial charge in [0.25, 0.3) is 0 Å². The number of thiophene rings is 1. The molecule has 2 atom stereocenters. The van der Waals surface area contributed by atoms with Crippen LogP contribution < -0.4 is 5.32 Å². The molecule has 2 nitrogen and oxygen atoms in total. The molecule has 1 N–H and O–H groups in total. The summed E-state index contributed by atoms with van der Waals surface area (Å²) in [7, 11) is 0. The summed E-state index contributed by atoms with van der Waals surface area (Å²) in [4.78, 5) is 4.11. The lowest BCUT2D eigenvalue weighted by atomic mass is 10.0. The minimum atomic E-state index is 0.457. The fraction of sp³-hybridized carbons (Fsp3) is 0.412.